The van der Waals surface area contributed by atoms with Gasteiger partial charge in [0.15, 0.2) is 0 Å². The highest BCUT2D eigenvalue weighted by Crippen LogP contribution is 2.14. The highest BCUT2D eigenvalue weighted by atomic mass is 16.4. The number of aromatic amines is 1. The first-order valence-corrected chi connectivity index (χ1v) is 14.3. The largest absolute Gasteiger partial charge is 0.480 e. The Labute approximate surface area is 236 Å². The molecule has 0 aliphatic carbocycles. The monoisotopic (exact) mass is 538 g/mol. The molecule has 8 nitrogen and oxygen atoms in total. The lowest BCUT2D eigenvalue weighted by Gasteiger charge is -2.26. The van der Waals surface area contributed by atoms with Crippen LogP contribution in [-0.4, -0.2) is 87.0 Å². The summed E-state index contributed by atoms with van der Waals surface area (Å²) in [6, 6.07) is 8.55. The number of unbranched alkanes of at least 4 members (excludes halogenated alkanes) is 1. The van der Waals surface area contributed by atoms with E-state index in [2.05, 4.69) is 64.5 Å². The lowest BCUT2D eigenvalue weighted by Crippen LogP contribution is -2.31. The number of allylic oxidation sites excluding steroid dienone is 1. The first kappa shape index (κ1) is 32.3. The predicted molar refractivity (Wildman–Crippen MR) is 160 cm³/mol. The molecule has 0 aliphatic rings. The minimum Gasteiger partial charge on any atom is -0.480 e. The Balaban J connectivity index is 1.97. The van der Waals surface area contributed by atoms with Crippen LogP contribution >= 0.6 is 0 Å². The van der Waals surface area contributed by atoms with Crippen molar-refractivity contribution < 1.29 is 9.90 Å². The number of carboxylic acid groups (broad SMARTS) is 1. The lowest BCUT2D eigenvalue weighted by molar-refractivity contribution is -0.138. The molecule has 0 saturated carbocycles. The van der Waals surface area contributed by atoms with Gasteiger partial charge in [0, 0.05) is 44.8 Å². The number of carboxylic acids is 1. The molecule has 1 heterocycles. The molecule has 39 heavy (non-hydrogen) atoms. The van der Waals surface area contributed by atoms with E-state index < -0.39 is 5.97 Å². The highest BCUT2D eigenvalue weighted by Gasteiger charge is 2.14. The molecule has 0 spiro atoms. The van der Waals surface area contributed by atoms with E-state index in [0.717, 1.165) is 62.7 Å². The maximum atomic E-state index is 11.5. The second kappa shape index (κ2) is 18.4. The van der Waals surface area contributed by atoms with E-state index in [9.17, 15) is 9.90 Å². The SMILES string of the molecule is C=C(CN(Cc1ccc(CN(CCCCN(CCC)CCC)CC(=O)O)cc1)Cc1ncc[nH]1)N(C)/C=C\C. The van der Waals surface area contributed by atoms with Crippen molar-refractivity contribution in [2.45, 2.75) is 66.1 Å². The number of benzene rings is 1. The number of hydrogen-bond donors (Lipinski definition) is 2. The van der Waals surface area contributed by atoms with Gasteiger partial charge in [-0.1, -0.05) is 50.8 Å². The van der Waals surface area contributed by atoms with Gasteiger partial charge in [-0.05, 0) is 76.1 Å². The van der Waals surface area contributed by atoms with Crippen molar-refractivity contribution in [3.05, 3.63) is 78.2 Å². The zero-order chi connectivity index (χ0) is 28.5. The van der Waals surface area contributed by atoms with Gasteiger partial charge in [-0.3, -0.25) is 14.6 Å². The number of likely N-dealkylation sites (N-methyl/N-ethyl adjacent to an activating group) is 1. The Bertz CT molecular complexity index is 967. The minimum absolute atomic E-state index is 0.0636. The number of hydrogen-bond acceptors (Lipinski definition) is 6. The molecule has 0 atom stereocenters. The van der Waals surface area contributed by atoms with Crippen LogP contribution in [0, 0.1) is 0 Å². The Hall–Kier alpha value is -2.94. The lowest BCUT2D eigenvalue weighted by atomic mass is 10.1. The third-order valence-electron chi connectivity index (χ3n) is 6.68. The molecular weight excluding hydrogens is 488 g/mol. The van der Waals surface area contributed by atoms with Crippen LogP contribution in [0.15, 0.2) is 61.2 Å². The van der Waals surface area contributed by atoms with Gasteiger partial charge in [-0.2, -0.15) is 0 Å². The van der Waals surface area contributed by atoms with Gasteiger partial charge in [0.25, 0.3) is 0 Å². The van der Waals surface area contributed by atoms with E-state index in [1.54, 1.807) is 6.20 Å². The van der Waals surface area contributed by atoms with Crippen molar-refractivity contribution in [2.24, 2.45) is 0 Å². The molecule has 0 amide bonds. The molecule has 0 bridgehead atoms. The summed E-state index contributed by atoms with van der Waals surface area (Å²) in [6.07, 6.45) is 12.1. The Morgan fingerprint density at radius 3 is 2.03 bits per heavy atom. The van der Waals surface area contributed by atoms with Crippen molar-refractivity contribution in [2.75, 3.05) is 46.3 Å². The highest BCUT2D eigenvalue weighted by molar-refractivity contribution is 5.69. The van der Waals surface area contributed by atoms with Gasteiger partial charge in [-0.25, -0.2) is 4.98 Å². The normalized spacial score (nSPS) is 11.8. The fraction of sp³-hybridized carbons (Fsp3) is 0.548. The van der Waals surface area contributed by atoms with E-state index in [0.29, 0.717) is 19.6 Å². The van der Waals surface area contributed by atoms with E-state index >= 15 is 0 Å². The Kier molecular flexibility index (Phi) is 15.2. The molecule has 0 unspecified atom stereocenters. The number of imidazole rings is 1. The number of rotatable bonds is 21. The van der Waals surface area contributed by atoms with Crippen LogP contribution in [-0.2, 0) is 24.4 Å². The average molecular weight is 539 g/mol. The number of aliphatic carboxylic acids is 1. The standard InChI is InChI=1S/C31H50N6O2/c1-6-17-34(5)27(4)22-37(25-30-32-15-16-33-30)24-29-13-11-28(12-14-29)23-36(26-31(38)39)21-10-9-20-35(18-7-2)19-8-3/h6,11-17H,4,7-10,18-26H2,1-3,5H3,(H,32,33)(H,38,39)/b17-6-. The second-order valence-corrected chi connectivity index (χ2v) is 10.3. The zero-order valence-corrected chi connectivity index (χ0v) is 24.6. The quantitative estimate of drug-likeness (QED) is 0.212. The van der Waals surface area contributed by atoms with Gasteiger partial charge < -0.3 is 19.9 Å². The Morgan fingerprint density at radius 2 is 1.51 bits per heavy atom. The van der Waals surface area contributed by atoms with Crippen LogP contribution in [0.2, 0.25) is 0 Å². The van der Waals surface area contributed by atoms with E-state index in [4.69, 9.17) is 0 Å². The van der Waals surface area contributed by atoms with E-state index in [-0.39, 0.29) is 6.54 Å². The molecule has 0 aliphatic heterocycles. The molecule has 0 fully saturated rings. The van der Waals surface area contributed by atoms with Crippen molar-refractivity contribution in [1.82, 2.24) is 29.6 Å². The van der Waals surface area contributed by atoms with Crippen LogP contribution in [0.25, 0.3) is 0 Å². The van der Waals surface area contributed by atoms with Crippen LogP contribution in [0.5, 0.6) is 0 Å². The number of carbonyl (C=O) groups is 1. The van der Waals surface area contributed by atoms with Crippen molar-refractivity contribution in [3.63, 3.8) is 0 Å². The minimum atomic E-state index is -0.776. The summed E-state index contributed by atoms with van der Waals surface area (Å²) in [6.45, 7) is 17.7. The smallest absolute Gasteiger partial charge is 0.317 e. The van der Waals surface area contributed by atoms with E-state index in [1.807, 2.05) is 42.2 Å². The summed E-state index contributed by atoms with van der Waals surface area (Å²) in [5.41, 5.74) is 3.34. The summed E-state index contributed by atoms with van der Waals surface area (Å²) < 4.78 is 0. The molecular formula is C31H50N6O2. The molecule has 1 aromatic carbocycles. The third-order valence-corrected chi connectivity index (χ3v) is 6.68. The third kappa shape index (κ3) is 13.1. The molecule has 2 rings (SSSR count). The molecule has 216 valence electrons. The number of aromatic nitrogens is 2. The van der Waals surface area contributed by atoms with Crippen LogP contribution in [0.3, 0.4) is 0 Å². The number of nitrogens with zero attached hydrogens (tertiary/aromatic N) is 5. The first-order chi connectivity index (χ1) is 18.8. The topological polar surface area (TPSA) is 78.9 Å². The summed E-state index contributed by atoms with van der Waals surface area (Å²) in [5.74, 6) is 0.145. The number of H-pyrrole nitrogens is 1. The van der Waals surface area contributed by atoms with Gasteiger partial charge >= 0.3 is 5.97 Å². The molecule has 1 aromatic heterocycles. The van der Waals surface area contributed by atoms with Gasteiger partial charge in [-0.15, -0.1) is 0 Å². The molecule has 2 N–H and O–H groups in total. The average Bonchev–Trinajstić information content (AvgIpc) is 3.40. The molecule has 0 saturated heterocycles. The van der Waals surface area contributed by atoms with E-state index in [1.165, 1.54) is 18.4 Å². The van der Waals surface area contributed by atoms with Gasteiger partial charge in [0.05, 0.1) is 13.1 Å². The summed E-state index contributed by atoms with van der Waals surface area (Å²) in [5, 5.41) is 9.46. The summed E-state index contributed by atoms with van der Waals surface area (Å²) in [4.78, 5) is 28.0. The first-order valence-electron chi connectivity index (χ1n) is 14.3. The van der Waals surface area contributed by atoms with Crippen molar-refractivity contribution in [1.29, 1.82) is 0 Å². The molecule has 2 aromatic rings. The Morgan fingerprint density at radius 1 is 0.923 bits per heavy atom. The van der Waals surface area contributed by atoms with Crippen molar-refractivity contribution in [3.8, 4) is 0 Å². The maximum absolute atomic E-state index is 11.5. The second-order valence-electron chi connectivity index (χ2n) is 10.3. The molecule has 8 heteroatoms. The summed E-state index contributed by atoms with van der Waals surface area (Å²) >= 11 is 0. The molecule has 0 radical (unpaired) electrons. The van der Waals surface area contributed by atoms with Crippen molar-refractivity contribution >= 4 is 5.97 Å². The van der Waals surface area contributed by atoms with Crippen LogP contribution in [0.1, 0.15) is 63.4 Å². The fourth-order valence-corrected chi connectivity index (χ4v) is 4.77. The number of nitrogens with one attached hydrogen (secondary N) is 1. The fourth-order valence-electron chi connectivity index (χ4n) is 4.77. The summed E-state index contributed by atoms with van der Waals surface area (Å²) in [7, 11) is 2.01. The van der Waals surface area contributed by atoms with Gasteiger partial charge in [0.1, 0.15) is 5.82 Å². The maximum Gasteiger partial charge on any atom is 0.317 e. The van der Waals surface area contributed by atoms with Crippen LogP contribution in [0.4, 0.5) is 0 Å². The zero-order valence-electron chi connectivity index (χ0n) is 24.6. The predicted octanol–water partition coefficient (Wildman–Crippen LogP) is 5.18. The van der Waals surface area contributed by atoms with Crippen LogP contribution < -0.4 is 0 Å². The van der Waals surface area contributed by atoms with Gasteiger partial charge in [0.2, 0.25) is 0 Å².